The molecule has 0 saturated heterocycles. The average molecular weight is 434 g/mol. The fraction of sp³-hybridized carbons (Fsp3) is 0. The summed E-state index contributed by atoms with van der Waals surface area (Å²) in [6.45, 7) is 0. The van der Waals surface area contributed by atoms with Gasteiger partial charge in [-0.05, 0) is 43.0 Å². The Morgan fingerprint density at radius 2 is 1.00 bits per heavy atom. The predicted octanol–water partition coefficient (Wildman–Crippen LogP) is 6.82. The molecule has 0 nitrogen and oxygen atoms in total. The molecule has 0 heterocycles. The first-order valence-electron chi connectivity index (χ1n) is 10.8. The van der Waals surface area contributed by atoms with E-state index in [4.69, 9.17) is 13.7 Å². The molecule has 0 aromatic heterocycles. The maximum Gasteiger partial charge on any atom is 0.148 e. The Hall–Kier alpha value is -1.52. The molecule has 0 amide bonds. The van der Waals surface area contributed by atoms with Crippen molar-refractivity contribution < 1.29 is 22.5 Å². The molecule has 0 aliphatic rings. The van der Waals surface area contributed by atoms with Crippen LogP contribution in [-0.4, -0.2) is 0 Å². The minimum absolute atomic E-state index is 0.423. The van der Waals surface area contributed by atoms with Gasteiger partial charge in [0.05, 0.1) is 28.2 Å². The third kappa shape index (κ3) is 2.61. The molecular formula is C18H10Br2F2. The molecule has 0 aliphatic heterocycles. The highest BCUT2D eigenvalue weighted by Crippen LogP contribution is 2.43. The summed E-state index contributed by atoms with van der Waals surface area (Å²) < 4.78 is 108. The molecule has 0 N–H and O–H groups in total. The Morgan fingerprint density at radius 3 is 1.41 bits per heavy atom. The van der Waals surface area contributed by atoms with E-state index in [1.165, 1.54) is 0 Å². The van der Waals surface area contributed by atoms with E-state index in [-0.39, 0.29) is 0 Å². The largest absolute Gasteiger partial charge is 0.205 e. The standard InChI is InChI=1S/C18H10Br2F2/c19-15-13(11-7-3-1-4-8-11)16(20)18(22)14(17(15)21)12-9-5-2-6-10-12/h1-10H/i1D,2D,3D,4D,5D,6D,7D,8D,9D,10D. The molecule has 0 bridgehead atoms. The molecule has 4 heteroatoms. The summed E-state index contributed by atoms with van der Waals surface area (Å²) in [6, 6.07) is -7.50. The highest BCUT2D eigenvalue weighted by molar-refractivity contribution is 9.11. The van der Waals surface area contributed by atoms with E-state index in [2.05, 4.69) is 31.9 Å². The van der Waals surface area contributed by atoms with Gasteiger partial charge >= 0.3 is 0 Å². The van der Waals surface area contributed by atoms with Gasteiger partial charge < -0.3 is 0 Å². The molecule has 0 aliphatic carbocycles. The SMILES string of the molecule is [2H]c1c([2H])c([2H])c(-c2c(F)c(Br)c(-c3c([2H])c([2H])c([2H])c([2H])c3[2H])c(Br)c2F)c([2H])c1[2H]. The Balaban J connectivity index is 2.50. The smallest absolute Gasteiger partial charge is 0.148 e. The summed E-state index contributed by atoms with van der Waals surface area (Å²) in [7, 11) is 0. The lowest BCUT2D eigenvalue weighted by Crippen LogP contribution is -1.97. The van der Waals surface area contributed by atoms with Gasteiger partial charge in [0.25, 0.3) is 0 Å². The highest BCUT2D eigenvalue weighted by atomic mass is 79.9. The molecule has 3 rings (SSSR count). The van der Waals surface area contributed by atoms with Crippen LogP contribution in [0.4, 0.5) is 8.78 Å². The predicted molar refractivity (Wildman–Crippen MR) is 92.6 cm³/mol. The molecule has 0 saturated carbocycles. The maximum atomic E-state index is 15.4. The summed E-state index contributed by atoms with van der Waals surface area (Å²) in [4.78, 5) is 0. The van der Waals surface area contributed by atoms with Crippen LogP contribution in [0.3, 0.4) is 0 Å². The first kappa shape index (κ1) is 7.37. The van der Waals surface area contributed by atoms with Gasteiger partial charge in [-0.2, -0.15) is 0 Å². The van der Waals surface area contributed by atoms with Crippen molar-refractivity contribution in [3.8, 4) is 22.3 Å². The van der Waals surface area contributed by atoms with E-state index in [1.807, 2.05) is 0 Å². The zero-order chi connectivity index (χ0) is 24.4. The van der Waals surface area contributed by atoms with Crippen LogP contribution in [-0.2, 0) is 0 Å². The number of benzene rings is 3. The Kier molecular flexibility index (Phi) is 2.11. The van der Waals surface area contributed by atoms with Gasteiger partial charge in [0.1, 0.15) is 11.6 Å². The van der Waals surface area contributed by atoms with E-state index in [9.17, 15) is 0 Å². The molecule has 0 atom stereocenters. The highest BCUT2D eigenvalue weighted by Gasteiger charge is 2.23. The second kappa shape index (κ2) is 6.31. The lowest BCUT2D eigenvalue weighted by atomic mass is 9.99. The van der Waals surface area contributed by atoms with Gasteiger partial charge in [-0.25, -0.2) is 8.78 Å². The first-order chi connectivity index (χ1) is 14.7. The van der Waals surface area contributed by atoms with Crippen LogP contribution in [0.1, 0.15) is 13.7 Å². The van der Waals surface area contributed by atoms with Crippen LogP contribution in [0, 0.1) is 11.6 Å². The number of hydrogen-bond acceptors (Lipinski definition) is 0. The summed E-state index contributed by atoms with van der Waals surface area (Å²) >= 11 is 5.85. The minimum atomic E-state index is -1.37. The summed E-state index contributed by atoms with van der Waals surface area (Å²) in [5.41, 5.74) is -2.56. The topological polar surface area (TPSA) is 0 Å². The van der Waals surface area contributed by atoms with Gasteiger partial charge in [0.15, 0.2) is 0 Å². The monoisotopic (exact) mass is 432 g/mol. The van der Waals surface area contributed by atoms with E-state index in [0.29, 0.717) is 0 Å². The molecule has 110 valence electrons. The second-order valence-corrected chi connectivity index (χ2v) is 5.59. The van der Waals surface area contributed by atoms with Crippen LogP contribution in [0.2, 0.25) is 0 Å². The number of hydrogen-bond donors (Lipinski definition) is 0. The first-order valence-corrected chi connectivity index (χ1v) is 7.34. The van der Waals surface area contributed by atoms with Gasteiger partial charge in [0, 0.05) is 5.56 Å². The van der Waals surface area contributed by atoms with Crippen molar-refractivity contribution in [2.45, 2.75) is 0 Å². The molecule has 3 aromatic rings. The van der Waals surface area contributed by atoms with E-state index in [0.717, 1.165) is 0 Å². The second-order valence-electron chi connectivity index (χ2n) is 4.01. The van der Waals surface area contributed by atoms with E-state index in [1.54, 1.807) is 0 Å². The Labute approximate surface area is 158 Å². The summed E-state index contributed by atoms with van der Waals surface area (Å²) in [5.74, 6) is -2.74. The number of rotatable bonds is 2. The van der Waals surface area contributed by atoms with Crippen molar-refractivity contribution in [2.24, 2.45) is 0 Å². The van der Waals surface area contributed by atoms with Crippen LogP contribution < -0.4 is 0 Å². The van der Waals surface area contributed by atoms with Crippen LogP contribution in [0.5, 0.6) is 0 Å². The fourth-order valence-electron chi connectivity index (χ4n) is 1.82. The quantitative estimate of drug-likeness (QED) is 0.388. The van der Waals surface area contributed by atoms with Crippen molar-refractivity contribution in [1.29, 1.82) is 0 Å². The summed E-state index contributed by atoms with van der Waals surface area (Å²) in [5, 5.41) is 0. The zero-order valence-corrected chi connectivity index (χ0v) is 13.7. The van der Waals surface area contributed by atoms with Crippen LogP contribution in [0.25, 0.3) is 22.3 Å². The summed E-state index contributed by atoms with van der Waals surface area (Å²) in [6.07, 6.45) is 0. The third-order valence-corrected chi connectivity index (χ3v) is 4.25. The molecular weight excluding hydrogens is 414 g/mol. The average Bonchev–Trinajstić information content (AvgIpc) is 2.76. The van der Waals surface area contributed by atoms with Crippen LogP contribution in [0.15, 0.2) is 69.4 Å². The van der Waals surface area contributed by atoms with Gasteiger partial charge in [-0.3, -0.25) is 0 Å². The van der Waals surface area contributed by atoms with Crippen molar-refractivity contribution in [3.05, 3.63) is 81.0 Å². The van der Waals surface area contributed by atoms with Gasteiger partial charge in [-0.1, -0.05) is 60.4 Å². The minimum Gasteiger partial charge on any atom is -0.205 e. The van der Waals surface area contributed by atoms with Crippen molar-refractivity contribution in [1.82, 2.24) is 0 Å². The molecule has 0 fully saturated rings. The maximum absolute atomic E-state index is 15.4. The normalized spacial score (nSPS) is 17.1. The Bertz CT molecular complexity index is 1140. The fourth-order valence-corrected chi connectivity index (χ4v) is 3.28. The molecule has 0 radical (unpaired) electrons. The molecule has 0 spiro atoms. The van der Waals surface area contributed by atoms with Gasteiger partial charge in [0.2, 0.25) is 0 Å². The van der Waals surface area contributed by atoms with Crippen molar-refractivity contribution in [2.75, 3.05) is 0 Å². The Morgan fingerprint density at radius 1 is 0.636 bits per heavy atom. The van der Waals surface area contributed by atoms with Gasteiger partial charge in [-0.15, -0.1) is 0 Å². The van der Waals surface area contributed by atoms with Crippen molar-refractivity contribution >= 4 is 31.9 Å². The molecule has 3 aromatic carbocycles. The molecule has 22 heavy (non-hydrogen) atoms. The van der Waals surface area contributed by atoms with Crippen LogP contribution >= 0.6 is 31.9 Å². The number of halogens is 4. The lowest BCUT2D eigenvalue weighted by molar-refractivity contribution is 0.582. The zero-order valence-electron chi connectivity index (χ0n) is 20.5. The lowest BCUT2D eigenvalue weighted by Gasteiger charge is -2.14. The van der Waals surface area contributed by atoms with E-state index < -0.39 is 103 Å². The van der Waals surface area contributed by atoms with Crippen molar-refractivity contribution in [3.63, 3.8) is 0 Å². The third-order valence-electron chi connectivity index (χ3n) is 2.76. The van der Waals surface area contributed by atoms with E-state index >= 15 is 8.78 Å². The molecule has 0 unspecified atom stereocenters.